The van der Waals surface area contributed by atoms with E-state index in [1.165, 1.54) is 12.1 Å². The average Bonchev–Trinajstić information content (AvgIpc) is 1.90. The molecule has 9 heavy (non-hydrogen) atoms. The first-order chi connectivity index (χ1) is 4.33. The molecule has 0 saturated heterocycles. The van der Waals surface area contributed by atoms with Crippen LogP contribution in [0.4, 0.5) is 10.2 Å². The largest absolute Gasteiger partial charge is 0.245 e. The van der Waals surface area contributed by atoms with Gasteiger partial charge < -0.3 is 0 Å². The van der Waals surface area contributed by atoms with Crippen molar-refractivity contribution in [2.75, 3.05) is 0 Å². The van der Waals surface area contributed by atoms with Gasteiger partial charge in [0.1, 0.15) is 5.82 Å². The number of halogens is 1. The van der Waals surface area contributed by atoms with Crippen LogP contribution in [0.15, 0.2) is 23.3 Å². The molecule has 0 atom stereocenters. The first-order valence-corrected chi connectivity index (χ1v) is 2.41. The second kappa shape index (κ2) is 2.35. The van der Waals surface area contributed by atoms with Crippen molar-refractivity contribution in [2.45, 2.75) is 0 Å². The van der Waals surface area contributed by atoms with Crippen LogP contribution in [0.1, 0.15) is 0 Å². The van der Waals surface area contributed by atoms with E-state index in [4.69, 9.17) is 0 Å². The number of hydrogen-bond acceptors (Lipinski definition) is 2. The van der Waals surface area contributed by atoms with E-state index in [1.807, 2.05) is 0 Å². The Balaban J connectivity index is 3.01. The molecule has 3 heteroatoms. The summed E-state index contributed by atoms with van der Waals surface area (Å²) in [6, 6.07) is 2.75. The van der Waals surface area contributed by atoms with Gasteiger partial charge in [-0.05, 0) is 18.9 Å². The molecule has 0 spiro atoms. The molecule has 0 aromatic carbocycles. The summed E-state index contributed by atoms with van der Waals surface area (Å²) in [5.74, 6) is 0.0822. The van der Waals surface area contributed by atoms with Gasteiger partial charge in [-0.3, -0.25) is 0 Å². The Bertz CT molecular complexity index is 205. The molecule has 1 rings (SSSR count). The van der Waals surface area contributed by atoms with Crippen molar-refractivity contribution in [3.8, 4) is 0 Å². The molecular weight excluding hydrogens is 119 g/mol. The fourth-order valence-electron chi connectivity index (χ4n) is 0.462. The lowest BCUT2D eigenvalue weighted by molar-refractivity contribution is 0.621. The SMILES string of the molecule is C=Nc1ccc(F)cn1. The van der Waals surface area contributed by atoms with Crippen molar-refractivity contribution in [3.05, 3.63) is 24.1 Å². The van der Waals surface area contributed by atoms with Crippen molar-refractivity contribution < 1.29 is 4.39 Å². The molecule has 0 aliphatic heterocycles. The van der Waals surface area contributed by atoms with E-state index in [-0.39, 0.29) is 5.82 Å². The Labute approximate surface area is 52.1 Å². The average molecular weight is 124 g/mol. The first kappa shape index (κ1) is 5.88. The highest BCUT2D eigenvalue weighted by Gasteiger charge is 1.87. The summed E-state index contributed by atoms with van der Waals surface area (Å²) < 4.78 is 12.1. The summed E-state index contributed by atoms with van der Waals surface area (Å²) in [6.07, 6.45) is 1.10. The Morgan fingerprint density at radius 3 is 2.78 bits per heavy atom. The van der Waals surface area contributed by atoms with Crippen LogP contribution in [-0.2, 0) is 0 Å². The van der Waals surface area contributed by atoms with E-state index < -0.39 is 0 Å². The van der Waals surface area contributed by atoms with Crippen LogP contribution in [-0.4, -0.2) is 11.7 Å². The van der Waals surface area contributed by atoms with Gasteiger partial charge in [0.25, 0.3) is 0 Å². The summed E-state index contributed by atoms with van der Waals surface area (Å²) in [6.45, 7) is 3.23. The maximum Gasteiger partial charge on any atom is 0.151 e. The number of hydrogen-bond donors (Lipinski definition) is 0. The molecule has 0 fully saturated rings. The van der Waals surface area contributed by atoms with E-state index in [0.717, 1.165) is 6.20 Å². The standard InChI is InChI=1S/C6H5FN2/c1-8-6-3-2-5(7)4-9-6/h2-4H,1H2. The molecular formula is C6H5FN2. The molecule has 2 nitrogen and oxygen atoms in total. The van der Waals surface area contributed by atoms with Crippen molar-refractivity contribution >= 4 is 12.5 Å². The summed E-state index contributed by atoms with van der Waals surface area (Å²) in [5.41, 5.74) is 0. The minimum absolute atomic E-state index is 0.359. The second-order valence-electron chi connectivity index (χ2n) is 1.49. The fraction of sp³-hybridized carbons (Fsp3) is 0. The van der Waals surface area contributed by atoms with Gasteiger partial charge in [0.2, 0.25) is 0 Å². The summed E-state index contributed by atoms with van der Waals surface area (Å²) in [4.78, 5) is 7.08. The van der Waals surface area contributed by atoms with Crippen LogP contribution in [0.25, 0.3) is 0 Å². The van der Waals surface area contributed by atoms with Crippen molar-refractivity contribution in [1.29, 1.82) is 0 Å². The Morgan fingerprint density at radius 1 is 1.56 bits per heavy atom. The molecule has 0 N–H and O–H groups in total. The second-order valence-corrected chi connectivity index (χ2v) is 1.49. The summed E-state index contributed by atoms with van der Waals surface area (Å²) >= 11 is 0. The molecule has 0 radical (unpaired) electrons. The lowest BCUT2D eigenvalue weighted by Crippen LogP contribution is -1.74. The number of aromatic nitrogens is 1. The third-order valence-electron chi connectivity index (χ3n) is 0.874. The molecule has 1 aromatic heterocycles. The fourth-order valence-corrected chi connectivity index (χ4v) is 0.462. The van der Waals surface area contributed by atoms with Crippen molar-refractivity contribution in [1.82, 2.24) is 4.98 Å². The predicted molar refractivity (Wildman–Crippen MR) is 33.4 cm³/mol. The smallest absolute Gasteiger partial charge is 0.151 e. The highest BCUT2D eigenvalue weighted by atomic mass is 19.1. The minimum atomic E-state index is -0.359. The number of pyridine rings is 1. The van der Waals surface area contributed by atoms with Gasteiger partial charge in [0.15, 0.2) is 5.82 Å². The topological polar surface area (TPSA) is 25.2 Å². The zero-order valence-corrected chi connectivity index (χ0v) is 4.71. The van der Waals surface area contributed by atoms with Gasteiger partial charge in [0.05, 0.1) is 6.20 Å². The van der Waals surface area contributed by atoms with Gasteiger partial charge in [-0.1, -0.05) is 0 Å². The molecule has 0 amide bonds. The predicted octanol–water partition coefficient (Wildman–Crippen LogP) is 1.55. The third-order valence-corrected chi connectivity index (χ3v) is 0.874. The highest BCUT2D eigenvalue weighted by Crippen LogP contribution is 2.04. The van der Waals surface area contributed by atoms with E-state index >= 15 is 0 Å². The van der Waals surface area contributed by atoms with Crippen LogP contribution in [0.5, 0.6) is 0 Å². The molecule has 0 bridgehead atoms. The Kier molecular flexibility index (Phi) is 1.53. The molecule has 46 valence electrons. The van der Waals surface area contributed by atoms with Gasteiger partial charge in [0, 0.05) is 0 Å². The highest BCUT2D eigenvalue weighted by molar-refractivity contribution is 5.38. The molecule has 0 saturated carbocycles. The molecule has 1 heterocycles. The van der Waals surface area contributed by atoms with Gasteiger partial charge in [-0.15, -0.1) is 0 Å². The van der Waals surface area contributed by atoms with E-state index in [1.54, 1.807) is 0 Å². The summed E-state index contributed by atoms with van der Waals surface area (Å²) in [7, 11) is 0. The third kappa shape index (κ3) is 1.32. The Hall–Kier alpha value is -1.25. The number of nitrogens with zero attached hydrogens (tertiary/aromatic N) is 2. The normalized spacial score (nSPS) is 9.00. The lowest BCUT2D eigenvalue weighted by Gasteiger charge is -1.87. The Morgan fingerprint density at radius 2 is 2.33 bits per heavy atom. The van der Waals surface area contributed by atoms with E-state index in [2.05, 4.69) is 16.7 Å². The number of rotatable bonds is 1. The van der Waals surface area contributed by atoms with Crippen molar-refractivity contribution in [3.63, 3.8) is 0 Å². The number of aliphatic imine (C=N–C) groups is 1. The monoisotopic (exact) mass is 124 g/mol. The molecule has 0 unspecified atom stereocenters. The molecule has 1 aromatic rings. The van der Waals surface area contributed by atoms with Gasteiger partial charge >= 0.3 is 0 Å². The first-order valence-electron chi connectivity index (χ1n) is 2.41. The van der Waals surface area contributed by atoms with Crippen LogP contribution < -0.4 is 0 Å². The van der Waals surface area contributed by atoms with E-state index in [0.29, 0.717) is 5.82 Å². The van der Waals surface area contributed by atoms with Crippen molar-refractivity contribution in [2.24, 2.45) is 4.99 Å². The van der Waals surface area contributed by atoms with Gasteiger partial charge in [-0.2, -0.15) is 0 Å². The lowest BCUT2D eigenvalue weighted by atomic mass is 10.4. The van der Waals surface area contributed by atoms with Gasteiger partial charge in [-0.25, -0.2) is 14.4 Å². The summed E-state index contributed by atoms with van der Waals surface area (Å²) in [5, 5.41) is 0. The maximum atomic E-state index is 12.1. The maximum absolute atomic E-state index is 12.1. The molecule has 0 aliphatic carbocycles. The van der Waals surface area contributed by atoms with Crippen LogP contribution in [0.3, 0.4) is 0 Å². The zero-order valence-electron chi connectivity index (χ0n) is 4.71. The zero-order chi connectivity index (χ0) is 6.69. The van der Waals surface area contributed by atoms with E-state index in [9.17, 15) is 4.39 Å². The van der Waals surface area contributed by atoms with Crippen LogP contribution in [0, 0.1) is 5.82 Å². The molecule has 0 aliphatic rings. The van der Waals surface area contributed by atoms with Crippen LogP contribution >= 0.6 is 0 Å². The quantitative estimate of drug-likeness (QED) is 0.521. The van der Waals surface area contributed by atoms with Crippen LogP contribution in [0.2, 0.25) is 0 Å². The minimum Gasteiger partial charge on any atom is -0.245 e.